The van der Waals surface area contributed by atoms with E-state index in [0.29, 0.717) is 22.4 Å². The summed E-state index contributed by atoms with van der Waals surface area (Å²) < 4.78 is 18.9. The number of hydrogen-bond acceptors (Lipinski definition) is 4. The zero-order valence-electron chi connectivity index (χ0n) is 17.4. The van der Waals surface area contributed by atoms with Crippen molar-refractivity contribution in [1.82, 2.24) is 20.4 Å². The van der Waals surface area contributed by atoms with Crippen molar-refractivity contribution in [1.29, 1.82) is 0 Å². The van der Waals surface area contributed by atoms with Gasteiger partial charge in [0.1, 0.15) is 5.82 Å². The Morgan fingerprint density at radius 1 is 1.10 bits per heavy atom. The first kappa shape index (κ1) is 20.2. The van der Waals surface area contributed by atoms with Crippen LogP contribution in [-0.4, -0.2) is 26.7 Å². The predicted octanol–water partition coefficient (Wildman–Crippen LogP) is 5.17. The minimum atomic E-state index is -0.306. The number of hydrogen-bond donors (Lipinski definition) is 1. The summed E-state index contributed by atoms with van der Waals surface area (Å²) >= 11 is 5.61. The lowest BCUT2D eigenvalue weighted by molar-refractivity contribution is 0.398. The average molecular weight is 423 g/mol. The molecule has 154 valence electrons. The summed E-state index contributed by atoms with van der Waals surface area (Å²) in [6.45, 7) is 8.96. The summed E-state index contributed by atoms with van der Waals surface area (Å²) in [5.41, 5.74) is 6.05. The number of rotatable bonds is 4. The molecule has 1 unspecified atom stereocenters. The van der Waals surface area contributed by atoms with Crippen LogP contribution in [0.3, 0.4) is 0 Å². The van der Waals surface area contributed by atoms with Crippen molar-refractivity contribution in [3.63, 3.8) is 0 Å². The molecule has 1 atom stereocenters. The molecule has 30 heavy (non-hydrogen) atoms. The van der Waals surface area contributed by atoms with Gasteiger partial charge < -0.3 is 14.7 Å². The molecule has 0 amide bonds. The SMILES string of the molecule is CCN1C(=S)NC(c2ccc(C)c(C)c2)C(c2nc(-c3ccc(F)cc3)no2)=C1C. The van der Waals surface area contributed by atoms with Crippen LogP contribution in [0.1, 0.15) is 42.5 Å². The first-order valence-electron chi connectivity index (χ1n) is 9.85. The molecule has 0 aliphatic carbocycles. The monoisotopic (exact) mass is 422 g/mol. The first-order valence-corrected chi connectivity index (χ1v) is 10.3. The highest BCUT2D eigenvalue weighted by Gasteiger charge is 2.33. The van der Waals surface area contributed by atoms with Gasteiger partial charge in [0.15, 0.2) is 5.11 Å². The molecule has 1 aliphatic rings. The average Bonchev–Trinajstić information content (AvgIpc) is 3.20. The van der Waals surface area contributed by atoms with Crippen LogP contribution in [0.15, 0.2) is 52.7 Å². The molecule has 1 N–H and O–H groups in total. The van der Waals surface area contributed by atoms with Crippen molar-refractivity contribution in [3.8, 4) is 11.4 Å². The largest absolute Gasteiger partial charge is 0.351 e. The highest BCUT2D eigenvalue weighted by Crippen LogP contribution is 2.37. The number of benzene rings is 2. The van der Waals surface area contributed by atoms with Crippen LogP contribution in [0.2, 0.25) is 0 Å². The lowest BCUT2D eigenvalue weighted by atomic mass is 9.92. The summed E-state index contributed by atoms with van der Waals surface area (Å²) in [7, 11) is 0. The summed E-state index contributed by atoms with van der Waals surface area (Å²) in [6.07, 6.45) is 0. The molecule has 0 bridgehead atoms. The minimum Gasteiger partial charge on any atom is -0.351 e. The molecule has 2 heterocycles. The highest BCUT2D eigenvalue weighted by molar-refractivity contribution is 7.80. The van der Waals surface area contributed by atoms with Gasteiger partial charge in [-0.25, -0.2) is 4.39 Å². The van der Waals surface area contributed by atoms with E-state index in [-0.39, 0.29) is 11.9 Å². The zero-order valence-corrected chi connectivity index (χ0v) is 18.2. The van der Waals surface area contributed by atoms with Crippen LogP contribution in [0.5, 0.6) is 0 Å². The Labute approximate surface area is 180 Å². The summed E-state index contributed by atoms with van der Waals surface area (Å²) in [5.74, 6) is 0.531. The molecule has 0 radical (unpaired) electrons. The van der Waals surface area contributed by atoms with Crippen molar-refractivity contribution in [3.05, 3.63) is 76.6 Å². The van der Waals surface area contributed by atoms with E-state index < -0.39 is 0 Å². The number of aryl methyl sites for hydroxylation is 2. The zero-order chi connectivity index (χ0) is 21.4. The van der Waals surface area contributed by atoms with E-state index in [1.807, 2.05) is 18.7 Å². The van der Waals surface area contributed by atoms with Crippen LogP contribution < -0.4 is 5.32 Å². The quantitative estimate of drug-likeness (QED) is 0.585. The maximum Gasteiger partial charge on any atom is 0.258 e. The van der Waals surface area contributed by atoms with Gasteiger partial charge in [-0.1, -0.05) is 23.4 Å². The molecule has 0 spiro atoms. The molecular weight excluding hydrogens is 399 g/mol. The van der Waals surface area contributed by atoms with Crippen LogP contribution in [-0.2, 0) is 0 Å². The number of halogens is 1. The van der Waals surface area contributed by atoms with Crippen molar-refractivity contribution >= 4 is 22.9 Å². The van der Waals surface area contributed by atoms with Gasteiger partial charge in [-0.2, -0.15) is 4.98 Å². The molecule has 1 aromatic heterocycles. The molecule has 0 saturated heterocycles. The van der Waals surface area contributed by atoms with Gasteiger partial charge in [-0.15, -0.1) is 0 Å². The Hall–Kier alpha value is -3.06. The molecule has 7 heteroatoms. The molecule has 0 fully saturated rings. The second-order valence-electron chi connectivity index (χ2n) is 7.40. The van der Waals surface area contributed by atoms with E-state index >= 15 is 0 Å². The standard InChI is InChI=1S/C23H23FN4OS/c1-5-28-15(4)19(20(25-23(28)30)17-7-6-13(2)14(3)12-17)22-26-21(27-29-22)16-8-10-18(24)11-9-16/h6-12,20H,5H2,1-4H3,(H,25,30). The van der Waals surface area contributed by atoms with Gasteiger partial charge in [-0.05, 0) is 80.9 Å². The summed E-state index contributed by atoms with van der Waals surface area (Å²) in [5, 5.41) is 8.24. The molecule has 1 aliphatic heterocycles. The summed E-state index contributed by atoms with van der Waals surface area (Å²) in [4.78, 5) is 6.64. The van der Waals surface area contributed by atoms with E-state index in [0.717, 1.165) is 23.4 Å². The fourth-order valence-electron chi connectivity index (χ4n) is 3.68. The van der Waals surface area contributed by atoms with Gasteiger partial charge in [-0.3, -0.25) is 0 Å². The van der Waals surface area contributed by atoms with Crippen molar-refractivity contribution in [2.24, 2.45) is 0 Å². The lowest BCUT2D eigenvalue weighted by Gasteiger charge is -2.36. The van der Waals surface area contributed by atoms with E-state index in [2.05, 4.69) is 47.5 Å². The van der Waals surface area contributed by atoms with Gasteiger partial charge in [0.25, 0.3) is 5.89 Å². The minimum absolute atomic E-state index is 0.207. The number of thiocarbonyl (C=S) groups is 1. The van der Waals surface area contributed by atoms with Crippen LogP contribution >= 0.6 is 12.2 Å². The second kappa shape index (κ2) is 7.99. The highest BCUT2D eigenvalue weighted by atomic mass is 32.1. The number of nitrogens with zero attached hydrogens (tertiary/aromatic N) is 3. The number of aromatic nitrogens is 2. The van der Waals surface area contributed by atoms with E-state index in [4.69, 9.17) is 16.7 Å². The Balaban J connectivity index is 1.82. The Morgan fingerprint density at radius 2 is 1.83 bits per heavy atom. The Bertz CT molecular complexity index is 1140. The molecule has 3 aromatic rings. The maximum absolute atomic E-state index is 13.3. The number of allylic oxidation sites excluding steroid dienone is 1. The normalized spacial score (nSPS) is 16.8. The number of nitrogens with one attached hydrogen (secondary N) is 1. The van der Waals surface area contributed by atoms with Gasteiger partial charge in [0.05, 0.1) is 11.6 Å². The van der Waals surface area contributed by atoms with Crippen LogP contribution in [0, 0.1) is 19.7 Å². The fraction of sp³-hybridized carbons (Fsp3) is 0.261. The maximum atomic E-state index is 13.3. The molecule has 0 saturated carbocycles. The van der Waals surface area contributed by atoms with E-state index in [1.54, 1.807) is 12.1 Å². The van der Waals surface area contributed by atoms with Crippen molar-refractivity contribution < 1.29 is 8.91 Å². The van der Waals surface area contributed by atoms with Crippen molar-refractivity contribution in [2.45, 2.75) is 33.7 Å². The van der Waals surface area contributed by atoms with E-state index in [1.165, 1.54) is 23.3 Å². The Kier molecular flexibility index (Phi) is 5.39. The first-order chi connectivity index (χ1) is 14.4. The third-order valence-corrected chi connectivity index (χ3v) is 5.87. The second-order valence-corrected chi connectivity index (χ2v) is 7.79. The van der Waals surface area contributed by atoms with E-state index in [9.17, 15) is 4.39 Å². The van der Waals surface area contributed by atoms with Crippen molar-refractivity contribution in [2.75, 3.05) is 6.54 Å². The van der Waals surface area contributed by atoms with Crippen LogP contribution in [0.4, 0.5) is 4.39 Å². The van der Waals surface area contributed by atoms with Gasteiger partial charge in [0, 0.05) is 17.8 Å². The smallest absolute Gasteiger partial charge is 0.258 e. The Morgan fingerprint density at radius 3 is 2.50 bits per heavy atom. The third-order valence-electron chi connectivity index (χ3n) is 5.54. The molecule has 5 nitrogen and oxygen atoms in total. The molecule has 2 aromatic carbocycles. The van der Waals surface area contributed by atoms with Gasteiger partial charge >= 0.3 is 0 Å². The predicted molar refractivity (Wildman–Crippen MR) is 119 cm³/mol. The fourth-order valence-corrected chi connectivity index (χ4v) is 4.07. The lowest BCUT2D eigenvalue weighted by Crippen LogP contribution is -2.45. The third kappa shape index (κ3) is 3.61. The van der Waals surface area contributed by atoms with Gasteiger partial charge in [0.2, 0.25) is 5.82 Å². The molecular formula is C23H23FN4OS. The summed E-state index contributed by atoms with van der Waals surface area (Å²) in [6, 6.07) is 12.2. The van der Waals surface area contributed by atoms with Crippen LogP contribution in [0.25, 0.3) is 17.0 Å². The molecule has 4 rings (SSSR count). The topological polar surface area (TPSA) is 54.2 Å².